The van der Waals surface area contributed by atoms with Crippen molar-refractivity contribution in [2.75, 3.05) is 12.8 Å². The highest BCUT2D eigenvalue weighted by molar-refractivity contribution is 9.10. The van der Waals surface area contributed by atoms with Crippen LogP contribution in [0, 0.1) is 0 Å². The minimum absolute atomic E-state index is 0.157. The zero-order valence-electron chi connectivity index (χ0n) is 12.8. The zero-order chi connectivity index (χ0) is 17.2. The second kappa shape index (κ2) is 6.93. The summed E-state index contributed by atoms with van der Waals surface area (Å²) in [5.41, 5.74) is 5.98. The average molecular weight is 409 g/mol. The molecular formula is C17H15BrClN3O2. The van der Waals surface area contributed by atoms with Crippen molar-refractivity contribution >= 4 is 33.3 Å². The lowest BCUT2D eigenvalue weighted by Crippen LogP contribution is -2.43. The van der Waals surface area contributed by atoms with Gasteiger partial charge in [0.2, 0.25) is 0 Å². The van der Waals surface area contributed by atoms with Gasteiger partial charge in [0, 0.05) is 11.6 Å². The molecular weight excluding hydrogens is 394 g/mol. The highest BCUT2D eigenvalue weighted by Crippen LogP contribution is 2.39. The van der Waals surface area contributed by atoms with E-state index in [4.69, 9.17) is 26.8 Å². The fourth-order valence-electron chi connectivity index (χ4n) is 2.62. The molecule has 1 aliphatic rings. The van der Waals surface area contributed by atoms with Crippen LogP contribution in [0.15, 0.2) is 59.4 Å². The fraction of sp³-hybridized carbons (Fsp3) is 0.176. The van der Waals surface area contributed by atoms with Crippen molar-refractivity contribution in [2.45, 2.75) is 11.7 Å². The number of aromatic nitrogens is 2. The summed E-state index contributed by atoms with van der Waals surface area (Å²) >= 11 is 9.60. The molecule has 1 aromatic heterocycles. The first-order valence-corrected chi connectivity index (χ1v) is 8.34. The molecule has 0 aliphatic heterocycles. The molecule has 0 radical (unpaired) electrons. The molecule has 0 amide bonds. The highest BCUT2D eigenvalue weighted by atomic mass is 79.9. The van der Waals surface area contributed by atoms with Gasteiger partial charge in [-0.1, -0.05) is 51.8 Å². The third kappa shape index (κ3) is 3.05. The predicted molar refractivity (Wildman–Crippen MR) is 97.0 cm³/mol. The number of nitrogens with two attached hydrogens (primary N) is 1. The number of rotatable bonds is 4. The van der Waals surface area contributed by atoms with Gasteiger partial charge in [-0.05, 0) is 29.8 Å². The molecule has 1 heterocycles. The van der Waals surface area contributed by atoms with Gasteiger partial charge in [0.25, 0.3) is 0 Å². The highest BCUT2D eigenvalue weighted by Gasteiger charge is 2.41. The molecule has 1 aliphatic carbocycles. The number of allylic oxidation sites excluding steroid dienone is 2. The van der Waals surface area contributed by atoms with Crippen LogP contribution in [-0.4, -0.2) is 23.2 Å². The minimum Gasteiger partial charge on any atom is -0.476 e. The van der Waals surface area contributed by atoms with Crippen molar-refractivity contribution in [3.05, 3.63) is 70.1 Å². The molecule has 2 N–H and O–H groups in total. The minimum atomic E-state index is -0.829. The molecule has 24 heavy (non-hydrogen) atoms. The Bertz CT molecular complexity index is 792. The summed E-state index contributed by atoms with van der Waals surface area (Å²) in [6.07, 6.45) is 8.41. The smallest absolute Gasteiger partial charge is 0.199 e. The third-order valence-corrected chi connectivity index (χ3v) is 4.57. The van der Waals surface area contributed by atoms with Crippen molar-refractivity contribution in [3.8, 4) is 5.75 Å². The Labute approximate surface area is 153 Å². The van der Waals surface area contributed by atoms with Crippen molar-refractivity contribution < 1.29 is 9.47 Å². The molecule has 0 fully saturated rings. The number of nitrogen functional groups attached to an aromatic ring is 1. The molecule has 2 unspecified atom stereocenters. The van der Waals surface area contributed by atoms with Gasteiger partial charge < -0.3 is 15.2 Å². The Morgan fingerprint density at radius 2 is 2.12 bits per heavy atom. The van der Waals surface area contributed by atoms with Crippen LogP contribution in [0.3, 0.4) is 0 Å². The molecule has 0 saturated heterocycles. The van der Waals surface area contributed by atoms with Crippen LogP contribution in [-0.2, 0) is 10.3 Å². The monoisotopic (exact) mass is 407 g/mol. The second-order valence-electron chi connectivity index (χ2n) is 5.17. The van der Waals surface area contributed by atoms with Gasteiger partial charge in [-0.15, -0.1) is 0 Å². The number of ether oxygens (including phenoxy) is 2. The van der Waals surface area contributed by atoms with Crippen molar-refractivity contribution in [2.24, 2.45) is 0 Å². The number of hydrogen-bond donors (Lipinski definition) is 1. The predicted octanol–water partition coefficient (Wildman–Crippen LogP) is 3.89. The molecule has 0 saturated carbocycles. The van der Waals surface area contributed by atoms with Gasteiger partial charge in [0.05, 0.1) is 0 Å². The molecule has 3 rings (SSSR count). The van der Waals surface area contributed by atoms with Gasteiger partial charge in [-0.2, -0.15) is 0 Å². The summed E-state index contributed by atoms with van der Waals surface area (Å²) in [6, 6.07) is 7.85. The first kappa shape index (κ1) is 17.0. The number of nitrogens with zero attached hydrogens (tertiary/aromatic N) is 2. The number of halogens is 2. The van der Waals surface area contributed by atoms with E-state index in [-0.39, 0.29) is 16.7 Å². The molecule has 1 aromatic carbocycles. The number of hydrogen-bond acceptors (Lipinski definition) is 5. The van der Waals surface area contributed by atoms with E-state index in [1.54, 1.807) is 7.11 Å². The largest absolute Gasteiger partial charge is 0.476 e. The lowest BCUT2D eigenvalue weighted by atomic mass is 9.84. The Balaban J connectivity index is 2.05. The van der Waals surface area contributed by atoms with E-state index in [1.165, 1.54) is 6.33 Å². The molecule has 2 aromatic rings. The first-order chi connectivity index (χ1) is 11.6. The van der Waals surface area contributed by atoms with E-state index in [2.05, 4.69) is 25.9 Å². The number of benzene rings is 1. The van der Waals surface area contributed by atoms with E-state index in [0.29, 0.717) is 0 Å². The van der Waals surface area contributed by atoms with E-state index in [0.717, 1.165) is 10.0 Å². The summed E-state index contributed by atoms with van der Waals surface area (Å²) < 4.78 is 12.9. The maximum Gasteiger partial charge on any atom is 0.199 e. The number of anilines is 1. The van der Waals surface area contributed by atoms with E-state index >= 15 is 0 Å². The van der Waals surface area contributed by atoms with Crippen LogP contribution in [0.25, 0.3) is 0 Å². The van der Waals surface area contributed by atoms with E-state index in [9.17, 15) is 0 Å². The maximum absolute atomic E-state index is 6.11. The molecule has 2 atom stereocenters. The SMILES string of the molecule is COC1(c2cccc(Br)c2)C=CC=CC1Oc1c(N)ncnc1Cl. The van der Waals surface area contributed by atoms with Crippen LogP contribution in [0.4, 0.5) is 5.82 Å². The molecule has 0 spiro atoms. The Kier molecular flexibility index (Phi) is 4.89. The quantitative estimate of drug-likeness (QED) is 0.777. The van der Waals surface area contributed by atoms with E-state index < -0.39 is 11.7 Å². The molecule has 7 heteroatoms. The van der Waals surface area contributed by atoms with Crippen LogP contribution < -0.4 is 10.5 Å². The summed E-state index contributed by atoms with van der Waals surface area (Å²) in [5, 5.41) is 0.157. The molecule has 124 valence electrons. The third-order valence-electron chi connectivity index (χ3n) is 3.81. The Morgan fingerprint density at radius 1 is 1.29 bits per heavy atom. The normalized spacial score (nSPS) is 22.5. The fourth-order valence-corrected chi connectivity index (χ4v) is 3.21. The van der Waals surface area contributed by atoms with Crippen LogP contribution in [0.2, 0.25) is 5.15 Å². The summed E-state index contributed by atoms with van der Waals surface area (Å²) in [7, 11) is 1.63. The molecule has 0 bridgehead atoms. The zero-order valence-corrected chi connectivity index (χ0v) is 15.2. The van der Waals surface area contributed by atoms with Gasteiger partial charge in [0.15, 0.2) is 28.4 Å². The Morgan fingerprint density at radius 3 is 2.83 bits per heavy atom. The first-order valence-electron chi connectivity index (χ1n) is 7.16. The van der Waals surface area contributed by atoms with Crippen LogP contribution in [0.5, 0.6) is 5.75 Å². The summed E-state index contributed by atoms with van der Waals surface area (Å²) in [4.78, 5) is 7.86. The van der Waals surface area contributed by atoms with Crippen LogP contribution in [0.1, 0.15) is 5.56 Å². The van der Waals surface area contributed by atoms with Crippen LogP contribution >= 0.6 is 27.5 Å². The lowest BCUT2D eigenvalue weighted by Gasteiger charge is -2.37. The summed E-state index contributed by atoms with van der Waals surface area (Å²) in [6.45, 7) is 0. The lowest BCUT2D eigenvalue weighted by molar-refractivity contribution is -0.0432. The van der Waals surface area contributed by atoms with Gasteiger partial charge in [-0.25, -0.2) is 9.97 Å². The summed E-state index contributed by atoms with van der Waals surface area (Å²) in [5.74, 6) is 0.415. The van der Waals surface area contributed by atoms with Crippen molar-refractivity contribution in [3.63, 3.8) is 0 Å². The van der Waals surface area contributed by atoms with Gasteiger partial charge >= 0.3 is 0 Å². The topological polar surface area (TPSA) is 70.3 Å². The van der Waals surface area contributed by atoms with Crippen molar-refractivity contribution in [1.29, 1.82) is 0 Å². The van der Waals surface area contributed by atoms with Gasteiger partial charge in [-0.3, -0.25) is 0 Å². The number of methoxy groups -OCH3 is 1. The van der Waals surface area contributed by atoms with E-state index in [1.807, 2.05) is 48.6 Å². The average Bonchev–Trinajstić information content (AvgIpc) is 2.58. The second-order valence-corrected chi connectivity index (χ2v) is 6.44. The van der Waals surface area contributed by atoms with Gasteiger partial charge in [0.1, 0.15) is 6.33 Å². The maximum atomic E-state index is 6.11. The molecule has 5 nitrogen and oxygen atoms in total. The Hall–Kier alpha value is -1.89. The van der Waals surface area contributed by atoms with Crippen molar-refractivity contribution in [1.82, 2.24) is 9.97 Å². The standard InChI is InChI=1S/C17H15BrClN3O2/c1-23-17(11-5-4-6-12(18)9-11)8-3-2-7-13(17)24-14-15(19)21-10-22-16(14)20/h2-10,13H,1H3,(H2,20,21,22).